The first-order chi connectivity index (χ1) is 12.4. The molecule has 2 N–H and O–H groups in total. The third-order valence-electron chi connectivity index (χ3n) is 3.81. The number of rotatable bonds is 6. The molecule has 0 amide bonds. The average molecular weight is 366 g/mol. The molecule has 3 rings (SSSR count). The van der Waals surface area contributed by atoms with Crippen LogP contribution in [0.1, 0.15) is 13.3 Å². The molecule has 3 aromatic rings. The molecule has 0 aliphatic carbocycles. The molecule has 0 saturated carbocycles. The van der Waals surface area contributed by atoms with E-state index in [0.717, 1.165) is 0 Å². The Labute approximate surface area is 147 Å². The summed E-state index contributed by atoms with van der Waals surface area (Å²) < 4.78 is 42.8. The Hall–Kier alpha value is -2.81. The first-order valence-electron chi connectivity index (χ1n) is 7.97. The number of nitrogens with one attached hydrogen (secondary N) is 1. The summed E-state index contributed by atoms with van der Waals surface area (Å²) in [5.74, 6) is 0.234. The highest BCUT2D eigenvalue weighted by molar-refractivity contribution is 5.78. The fourth-order valence-corrected chi connectivity index (χ4v) is 2.50. The largest absolute Gasteiger partial charge is 0.573 e. The zero-order chi connectivity index (χ0) is 18.7. The van der Waals surface area contributed by atoms with Crippen molar-refractivity contribution in [3.8, 4) is 16.9 Å². The second-order valence-electron chi connectivity index (χ2n) is 5.65. The molecule has 1 unspecified atom stereocenters. The van der Waals surface area contributed by atoms with E-state index >= 15 is 0 Å². The van der Waals surface area contributed by atoms with Crippen molar-refractivity contribution in [1.29, 1.82) is 0 Å². The molecule has 0 bridgehead atoms. The summed E-state index contributed by atoms with van der Waals surface area (Å²) in [4.78, 5) is 4.47. The van der Waals surface area contributed by atoms with Crippen molar-refractivity contribution >= 4 is 11.5 Å². The quantitative estimate of drug-likeness (QED) is 0.699. The molecule has 26 heavy (non-hydrogen) atoms. The first-order valence-corrected chi connectivity index (χ1v) is 7.97. The van der Waals surface area contributed by atoms with Crippen LogP contribution in [-0.2, 0) is 0 Å². The second kappa shape index (κ2) is 7.20. The number of anilines is 1. The molecule has 0 fully saturated rings. The molecule has 0 saturated heterocycles. The molecule has 0 aliphatic rings. The standard InChI is InChI=1S/C17H17F3N4O2/c1-2-12(10-25)22-15-6-7-24-16(23-15)14(9-21-24)11-4-3-5-13(8-11)26-17(18,19)20/h3-9,12,25H,2,10H2,1H3,(H,22,23). The Morgan fingerprint density at radius 2 is 2.12 bits per heavy atom. The second-order valence-corrected chi connectivity index (χ2v) is 5.65. The average Bonchev–Trinajstić information content (AvgIpc) is 3.01. The number of benzene rings is 1. The lowest BCUT2D eigenvalue weighted by molar-refractivity contribution is -0.274. The van der Waals surface area contributed by atoms with Crippen molar-refractivity contribution in [2.75, 3.05) is 11.9 Å². The van der Waals surface area contributed by atoms with Gasteiger partial charge in [-0.1, -0.05) is 19.1 Å². The number of aliphatic hydroxyl groups excluding tert-OH is 1. The van der Waals surface area contributed by atoms with E-state index < -0.39 is 6.36 Å². The predicted molar refractivity (Wildman–Crippen MR) is 89.9 cm³/mol. The van der Waals surface area contributed by atoms with E-state index in [1.54, 1.807) is 18.3 Å². The summed E-state index contributed by atoms with van der Waals surface area (Å²) in [6, 6.07) is 7.22. The molecule has 2 aromatic heterocycles. The molecule has 0 aliphatic heterocycles. The highest BCUT2D eigenvalue weighted by Crippen LogP contribution is 2.30. The summed E-state index contributed by atoms with van der Waals surface area (Å²) >= 11 is 0. The van der Waals surface area contributed by atoms with Gasteiger partial charge in [-0.15, -0.1) is 13.2 Å². The van der Waals surface area contributed by atoms with Gasteiger partial charge in [-0.2, -0.15) is 5.10 Å². The van der Waals surface area contributed by atoms with E-state index in [9.17, 15) is 18.3 Å². The lowest BCUT2D eigenvalue weighted by Crippen LogP contribution is -2.23. The van der Waals surface area contributed by atoms with Crippen molar-refractivity contribution in [3.63, 3.8) is 0 Å². The summed E-state index contributed by atoms with van der Waals surface area (Å²) in [7, 11) is 0. The maximum atomic E-state index is 12.4. The molecule has 0 spiro atoms. The Morgan fingerprint density at radius 1 is 1.31 bits per heavy atom. The molecular weight excluding hydrogens is 349 g/mol. The zero-order valence-corrected chi connectivity index (χ0v) is 13.9. The van der Waals surface area contributed by atoms with Crippen molar-refractivity contribution in [2.45, 2.75) is 25.7 Å². The van der Waals surface area contributed by atoms with Gasteiger partial charge in [0.1, 0.15) is 11.6 Å². The van der Waals surface area contributed by atoms with Crippen LogP contribution in [0.5, 0.6) is 5.75 Å². The Morgan fingerprint density at radius 3 is 2.81 bits per heavy atom. The number of fused-ring (bicyclic) bond motifs is 1. The van der Waals surface area contributed by atoms with Crippen LogP contribution in [0.25, 0.3) is 16.8 Å². The van der Waals surface area contributed by atoms with Gasteiger partial charge < -0.3 is 15.2 Å². The normalized spacial score (nSPS) is 13.0. The molecule has 9 heteroatoms. The van der Waals surface area contributed by atoms with Gasteiger partial charge in [0, 0.05) is 11.8 Å². The first kappa shape index (κ1) is 18.0. The summed E-state index contributed by atoms with van der Waals surface area (Å²) in [6.45, 7) is 1.90. The highest BCUT2D eigenvalue weighted by atomic mass is 19.4. The number of nitrogens with zero attached hydrogens (tertiary/aromatic N) is 3. The number of hydrogen-bond acceptors (Lipinski definition) is 5. The number of alkyl halides is 3. The van der Waals surface area contributed by atoms with Crippen molar-refractivity contribution < 1.29 is 23.0 Å². The predicted octanol–water partition coefficient (Wildman–Crippen LogP) is 3.48. The number of ether oxygens (including phenoxy) is 1. The number of aliphatic hydroxyl groups is 1. The molecule has 0 radical (unpaired) electrons. The van der Waals surface area contributed by atoms with Crippen LogP contribution in [0.3, 0.4) is 0 Å². The van der Waals surface area contributed by atoms with E-state index in [-0.39, 0.29) is 18.4 Å². The van der Waals surface area contributed by atoms with Crippen LogP contribution in [0.2, 0.25) is 0 Å². The number of aromatic nitrogens is 3. The topological polar surface area (TPSA) is 71.7 Å². The molecule has 1 atom stereocenters. The van der Waals surface area contributed by atoms with Gasteiger partial charge in [0.2, 0.25) is 0 Å². The monoisotopic (exact) mass is 366 g/mol. The Balaban J connectivity index is 1.96. The number of halogens is 3. The van der Waals surface area contributed by atoms with Crippen LogP contribution in [0.15, 0.2) is 42.7 Å². The van der Waals surface area contributed by atoms with E-state index in [4.69, 9.17) is 0 Å². The molecule has 6 nitrogen and oxygen atoms in total. The maximum absolute atomic E-state index is 12.4. The minimum atomic E-state index is -4.76. The maximum Gasteiger partial charge on any atom is 0.573 e. The lowest BCUT2D eigenvalue weighted by Gasteiger charge is -2.14. The van der Waals surface area contributed by atoms with E-state index in [1.165, 1.54) is 28.9 Å². The van der Waals surface area contributed by atoms with Crippen LogP contribution in [0.4, 0.5) is 19.0 Å². The third kappa shape index (κ3) is 4.05. The van der Waals surface area contributed by atoms with E-state index in [2.05, 4.69) is 20.1 Å². The van der Waals surface area contributed by atoms with Crippen molar-refractivity contribution in [3.05, 3.63) is 42.7 Å². The van der Waals surface area contributed by atoms with Gasteiger partial charge in [-0.05, 0) is 30.2 Å². The van der Waals surface area contributed by atoms with Gasteiger partial charge in [-0.25, -0.2) is 9.50 Å². The Kier molecular flexibility index (Phi) is 4.99. The van der Waals surface area contributed by atoms with E-state index in [0.29, 0.717) is 29.0 Å². The van der Waals surface area contributed by atoms with Crippen LogP contribution in [0, 0.1) is 0 Å². The van der Waals surface area contributed by atoms with Gasteiger partial charge in [0.05, 0.1) is 18.8 Å². The Bertz CT molecular complexity index is 891. The highest BCUT2D eigenvalue weighted by Gasteiger charge is 2.31. The molecule has 138 valence electrons. The van der Waals surface area contributed by atoms with Gasteiger partial charge in [0.15, 0.2) is 5.65 Å². The smallest absolute Gasteiger partial charge is 0.406 e. The summed E-state index contributed by atoms with van der Waals surface area (Å²) in [5.41, 5.74) is 1.55. The van der Waals surface area contributed by atoms with Crippen molar-refractivity contribution in [1.82, 2.24) is 14.6 Å². The van der Waals surface area contributed by atoms with E-state index in [1.807, 2.05) is 6.92 Å². The van der Waals surface area contributed by atoms with Crippen LogP contribution < -0.4 is 10.1 Å². The minimum absolute atomic E-state index is 0.0354. The lowest BCUT2D eigenvalue weighted by atomic mass is 10.1. The molecule has 2 heterocycles. The summed E-state index contributed by atoms with van der Waals surface area (Å²) in [5, 5.41) is 16.6. The fraction of sp³-hybridized carbons (Fsp3) is 0.294. The minimum Gasteiger partial charge on any atom is -0.406 e. The van der Waals surface area contributed by atoms with Crippen LogP contribution in [-0.4, -0.2) is 38.7 Å². The number of hydrogen-bond donors (Lipinski definition) is 2. The van der Waals surface area contributed by atoms with Gasteiger partial charge in [0.25, 0.3) is 0 Å². The van der Waals surface area contributed by atoms with Gasteiger partial charge in [-0.3, -0.25) is 0 Å². The third-order valence-corrected chi connectivity index (χ3v) is 3.81. The van der Waals surface area contributed by atoms with Gasteiger partial charge >= 0.3 is 6.36 Å². The fourth-order valence-electron chi connectivity index (χ4n) is 2.50. The SMILES string of the molecule is CCC(CO)Nc1ccn2ncc(-c3cccc(OC(F)(F)F)c3)c2n1. The van der Waals surface area contributed by atoms with Crippen molar-refractivity contribution in [2.24, 2.45) is 0 Å². The van der Waals surface area contributed by atoms with Crippen LogP contribution >= 0.6 is 0 Å². The molecular formula is C17H17F3N4O2. The zero-order valence-electron chi connectivity index (χ0n) is 13.9. The molecule has 1 aromatic carbocycles. The summed E-state index contributed by atoms with van der Waals surface area (Å²) in [6.07, 6.45) is -0.822.